The molecule has 3 heterocycles. The van der Waals surface area contributed by atoms with Gasteiger partial charge in [-0.1, -0.05) is 0 Å². The number of nitrogens with zero attached hydrogens (tertiary/aromatic N) is 4. The minimum atomic E-state index is -0.117. The first-order valence-electron chi connectivity index (χ1n) is 7.53. The summed E-state index contributed by atoms with van der Waals surface area (Å²) in [6.45, 7) is 1.01. The van der Waals surface area contributed by atoms with Gasteiger partial charge in [0.25, 0.3) is 5.56 Å². The Labute approximate surface area is 127 Å². The quantitative estimate of drug-likeness (QED) is 0.892. The van der Waals surface area contributed by atoms with E-state index in [9.17, 15) is 4.79 Å². The number of rotatable bonds is 3. The second kappa shape index (κ2) is 5.49. The molecule has 0 spiro atoms. The van der Waals surface area contributed by atoms with Gasteiger partial charge in [-0.05, 0) is 30.9 Å². The molecule has 7 heteroatoms. The second-order valence-electron chi connectivity index (χ2n) is 5.70. The zero-order valence-electron chi connectivity index (χ0n) is 12.1. The van der Waals surface area contributed by atoms with Gasteiger partial charge in [-0.3, -0.25) is 4.79 Å². The first kappa shape index (κ1) is 13.4. The van der Waals surface area contributed by atoms with Crippen molar-refractivity contribution in [1.29, 1.82) is 0 Å². The zero-order valence-corrected chi connectivity index (χ0v) is 12.1. The topological polar surface area (TPSA) is 81.9 Å². The van der Waals surface area contributed by atoms with E-state index < -0.39 is 0 Å². The molecule has 0 radical (unpaired) electrons. The molecular formula is C15H17N5O2. The summed E-state index contributed by atoms with van der Waals surface area (Å²) in [6, 6.07) is 3.39. The van der Waals surface area contributed by atoms with E-state index in [1.807, 2.05) is 0 Å². The Bertz CT molecular complexity index is 730. The largest absolute Gasteiger partial charge is 0.377 e. The van der Waals surface area contributed by atoms with Crippen LogP contribution in [0.4, 0.5) is 5.82 Å². The van der Waals surface area contributed by atoms with Crippen LogP contribution in [0.2, 0.25) is 0 Å². The average Bonchev–Trinajstić information content (AvgIpc) is 3.16. The van der Waals surface area contributed by atoms with Crippen LogP contribution in [0, 0.1) is 0 Å². The van der Waals surface area contributed by atoms with Crippen LogP contribution < -0.4 is 10.9 Å². The van der Waals surface area contributed by atoms with Gasteiger partial charge < -0.3 is 10.1 Å². The number of anilines is 1. The number of aromatic nitrogens is 4. The van der Waals surface area contributed by atoms with Crippen molar-refractivity contribution in [2.24, 2.45) is 0 Å². The monoisotopic (exact) mass is 299 g/mol. The highest BCUT2D eigenvalue weighted by Crippen LogP contribution is 2.23. The van der Waals surface area contributed by atoms with Gasteiger partial charge in [0.15, 0.2) is 0 Å². The Morgan fingerprint density at radius 2 is 2.27 bits per heavy atom. The molecular weight excluding hydrogens is 282 g/mol. The van der Waals surface area contributed by atoms with E-state index in [1.165, 1.54) is 6.33 Å². The van der Waals surface area contributed by atoms with Crippen molar-refractivity contribution in [1.82, 2.24) is 19.7 Å². The summed E-state index contributed by atoms with van der Waals surface area (Å²) in [5.74, 6) is 0.727. The maximum atomic E-state index is 12.4. The maximum Gasteiger partial charge on any atom is 0.267 e. The van der Waals surface area contributed by atoms with Crippen molar-refractivity contribution in [3.63, 3.8) is 0 Å². The molecule has 7 nitrogen and oxygen atoms in total. The van der Waals surface area contributed by atoms with Gasteiger partial charge in [0.05, 0.1) is 24.9 Å². The van der Waals surface area contributed by atoms with Gasteiger partial charge in [-0.15, -0.1) is 0 Å². The number of hydrogen-bond donors (Lipinski definition) is 1. The van der Waals surface area contributed by atoms with Crippen molar-refractivity contribution < 1.29 is 4.74 Å². The number of fused-ring (bicyclic) bond motifs is 1. The molecule has 2 aliphatic rings. The van der Waals surface area contributed by atoms with Crippen LogP contribution in [-0.4, -0.2) is 39.0 Å². The zero-order chi connectivity index (χ0) is 14.9. The average molecular weight is 299 g/mol. The lowest BCUT2D eigenvalue weighted by atomic mass is 10.1. The fourth-order valence-corrected chi connectivity index (χ4v) is 3.14. The van der Waals surface area contributed by atoms with E-state index in [1.54, 1.807) is 23.0 Å². The van der Waals surface area contributed by atoms with Crippen LogP contribution in [0.25, 0.3) is 0 Å². The third kappa shape index (κ3) is 2.37. The van der Waals surface area contributed by atoms with E-state index in [0.29, 0.717) is 13.2 Å². The van der Waals surface area contributed by atoms with Crippen LogP contribution in [0.5, 0.6) is 0 Å². The van der Waals surface area contributed by atoms with Gasteiger partial charge in [0, 0.05) is 12.3 Å². The molecule has 4 rings (SSSR count). The van der Waals surface area contributed by atoms with Gasteiger partial charge in [0.2, 0.25) is 0 Å². The van der Waals surface area contributed by atoms with E-state index in [0.717, 1.165) is 36.3 Å². The lowest BCUT2D eigenvalue weighted by molar-refractivity contribution is 0.182. The standard InChI is InChI=1S/C15H17N5O2/c21-15-6-10-2-1-3-11(10)19-20(15)13-8-22-7-12(13)18-14-4-5-16-9-17-14/h4-6,9,12-13H,1-3,7-8H2,(H,16,17,18). The molecule has 2 aromatic heterocycles. The van der Waals surface area contributed by atoms with Gasteiger partial charge in [0.1, 0.15) is 18.2 Å². The molecule has 1 N–H and O–H groups in total. The van der Waals surface area contributed by atoms with Crippen LogP contribution in [0.1, 0.15) is 23.7 Å². The molecule has 1 aliphatic heterocycles. The Balaban J connectivity index is 1.63. The molecule has 1 fully saturated rings. The summed E-state index contributed by atoms with van der Waals surface area (Å²) in [4.78, 5) is 20.4. The van der Waals surface area contributed by atoms with Crippen molar-refractivity contribution in [2.75, 3.05) is 18.5 Å². The number of aryl methyl sites for hydroxylation is 2. The molecule has 0 aromatic carbocycles. The third-order valence-electron chi connectivity index (χ3n) is 4.26. The summed E-state index contributed by atoms with van der Waals surface area (Å²) >= 11 is 0. The lowest BCUT2D eigenvalue weighted by Crippen LogP contribution is -2.38. The van der Waals surface area contributed by atoms with Gasteiger partial charge in [-0.2, -0.15) is 5.10 Å². The Hall–Kier alpha value is -2.28. The van der Waals surface area contributed by atoms with Crippen LogP contribution >= 0.6 is 0 Å². The van der Waals surface area contributed by atoms with Gasteiger partial charge in [-0.25, -0.2) is 14.6 Å². The van der Waals surface area contributed by atoms with Crippen molar-refractivity contribution in [3.8, 4) is 0 Å². The van der Waals surface area contributed by atoms with Crippen molar-refractivity contribution >= 4 is 5.82 Å². The number of hydrogen-bond acceptors (Lipinski definition) is 6. The maximum absolute atomic E-state index is 12.4. The van der Waals surface area contributed by atoms with Gasteiger partial charge >= 0.3 is 0 Å². The minimum absolute atomic E-state index is 0.0282. The Kier molecular flexibility index (Phi) is 3.34. The highest BCUT2D eigenvalue weighted by Gasteiger charge is 2.32. The molecule has 0 bridgehead atoms. The summed E-state index contributed by atoms with van der Waals surface area (Å²) in [6.07, 6.45) is 6.16. The third-order valence-corrected chi connectivity index (χ3v) is 4.26. The predicted molar refractivity (Wildman–Crippen MR) is 79.8 cm³/mol. The molecule has 2 aromatic rings. The second-order valence-corrected chi connectivity index (χ2v) is 5.70. The predicted octanol–water partition coefficient (Wildman–Crippen LogP) is 0.574. The fourth-order valence-electron chi connectivity index (χ4n) is 3.14. The lowest BCUT2D eigenvalue weighted by Gasteiger charge is -2.21. The first-order chi connectivity index (χ1) is 10.8. The van der Waals surface area contributed by atoms with E-state index in [4.69, 9.17) is 4.74 Å². The summed E-state index contributed by atoms with van der Waals surface area (Å²) in [5.41, 5.74) is 2.10. The Morgan fingerprint density at radius 1 is 1.32 bits per heavy atom. The molecule has 0 saturated carbocycles. The number of ether oxygens (including phenoxy) is 1. The smallest absolute Gasteiger partial charge is 0.267 e. The van der Waals surface area contributed by atoms with E-state index in [2.05, 4.69) is 20.4 Å². The highest BCUT2D eigenvalue weighted by molar-refractivity contribution is 5.34. The first-order valence-corrected chi connectivity index (χ1v) is 7.53. The normalized spacial score (nSPS) is 23.5. The highest BCUT2D eigenvalue weighted by atomic mass is 16.5. The minimum Gasteiger partial charge on any atom is -0.377 e. The molecule has 114 valence electrons. The van der Waals surface area contributed by atoms with E-state index >= 15 is 0 Å². The molecule has 2 atom stereocenters. The molecule has 22 heavy (non-hydrogen) atoms. The number of nitrogens with one attached hydrogen (secondary N) is 1. The summed E-state index contributed by atoms with van der Waals surface area (Å²) in [7, 11) is 0. The molecule has 1 saturated heterocycles. The Morgan fingerprint density at radius 3 is 3.14 bits per heavy atom. The summed E-state index contributed by atoms with van der Waals surface area (Å²) < 4.78 is 7.14. The SMILES string of the molecule is O=c1cc2c(nn1C1COCC1Nc1ccncn1)CCC2. The molecule has 1 aliphatic carbocycles. The van der Waals surface area contributed by atoms with Crippen LogP contribution in [-0.2, 0) is 17.6 Å². The fraction of sp³-hybridized carbons (Fsp3) is 0.467. The molecule has 0 amide bonds. The summed E-state index contributed by atoms with van der Waals surface area (Å²) in [5, 5.41) is 7.89. The van der Waals surface area contributed by atoms with Crippen molar-refractivity contribution in [2.45, 2.75) is 31.3 Å². The van der Waals surface area contributed by atoms with Crippen LogP contribution in [0.15, 0.2) is 29.5 Å². The molecule has 2 unspecified atom stereocenters. The van der Waals surface area contributed by atoms with Crippen LogP contribution in [0.3, 0.4) is 0 Å². The van der Waals surface area contributed by atoms with Crippen molar-refractivity contribution in [3.05, 3.63) is 46.3 Å². The van der Waals surface area contributed by atoms with E-state index in [-0.39, 0.29) is 17.6 Å².